The van der Waals surface area contributed by atoms with Crippen molar-refractivity contribution in [3.05, 3.63) is 41.3 Å². The number of aromatic nitrogens is 2. The molecule has 1 aromatic heterocycles. The normalized spacial score (nSPS) is 21.3. The largest absolute Gasteiger partial charge is 0.369 e. The van der Waals surface area contributed by atoms with Crippen molar-refractivity contribution in [1.29, 1.82) is 0 Å². The van der Waals surface area contributed by atoms with Gasteiger partial charge < -0.3 is 20.9 Å². The van der Waals surface area contributed by atoms with Gasteiger partial charge in [0.2, 0.25) is 11.9 Å². The van der Waals surface area contributed by atoms with Crippen molar-refractivity contribution in [2.24, 2.45) is 11.7 Å². The third kappa shape index (κ3) is 3.52. The number of hydrogen-bond donors (Lipinski definition) is 2. The zero-order valence-corrected chi connectivity index (χ0v) is 18.1. The number of fused-ring (bicyclic) bond motifs is 2. The Morgan fingerprint density at radius 3 is 2.84 bits per heavy atom. The maximum Gasteiger partial charge on any atom is 0.238 e. The van der Waals surface area contributed by atoms with Gasteiger partial charge in [0, 0.05) is 37.4 Å². The van der Waals surface area contributed by atoms with E-state index in [1.165, 1.54) is 12.1 Å². The molecule has 2 aliphatic heterocycles. The van der Waals surface area contributed by atoms with Gasteiger partial charge in [-0.05, 0) is 42.9 Å². The van der Waals surface area contributed by atoms with E-state index in [2.05, 4.69) is 29.0 Å². The molecule has 1 amide bonds. The van der Waals surface area contributed by atoms with Crippen molar-refractivity contribution in [2.75, 3.05) is 34.8 Å². The average Bonchev–Trinajstić information content (AvgIpc) is 3.38. The highest BCUT2D eigenvalue weighted by atomic mass is 19.1. The van der Waals surface area contributed by atoms with Gasteiger partial charge in [0.1, 0.15) is 11.6 Å². The maximum atomic E-state index is 14.0. The van der Waals surface area contributed by atoms with E-state index in [4.69, 9.17) is 10.7 Å². The molecule has 3 aliphatic rings. The molecule has 1 aromatic carbocycles. The Morgan fingerprint density at radius 2 is 2.16 bits per heavy atom. The van der Waals surface area contributed by atoms with Gasteiger partial charge in [-0.25, -0.2) is 9.37 Å². The molecule has 1 spiro atoms. The van der Waals surface area contributed by atoms with Crippen LogP contribution in [0.5, 0.6) is 0 Å². The lowest BCUT2D eigenvalue weighted by molar-refractivity contribution is -0.120. The molecule has 8 heteroatoms. The second-order valence-corrected chi connectivity index (χ2v) is 9.45. The second kappa shape index (κ2) is 7.44. The second-order valence-electron chi connectivity index (χ2n) is 9.45. The highest BCUT2D eigenvalue weighted by molar-refractivity contribution is 6.10. The summed E-state index contributed by atoms with van der Waals surface area (Å²) < 4.78 is 14.0. The molecule has 1 atom stereocenters. The molecule has 1 saturated carbocycles. The lowest BCUT2D eigenvalue weighted by Gasteiger charge is -2.22. The SMILES string of the molecule is CC(C)CNc1nc(N2CCC(N)C2)ncc1CN1C(=O)C2(CC2)c2ccc(F)cc21. The third-order valence-electron chi connectivity index (χ3n) is 6.54. The van der Waals surface area contributed by atoms with Crippen LogP contribution in [-0.4, -0.2) is 41.6 Å². The molecule has 0 bridgehead atoms. The number of carbonyl (C=O) groups is 1. The Morgan fingerprint density at radius 1 is 1.35 bits per heavy atom. The van der Waals surface area contributed by atoms with E-state index in [-0.39, 0.29) is 17.8 Å². The number of halogens is 1. The van der Waals surface area contributed by atoms with Gasteiger partial charge >= 0.3 is 0 Å². The lowest BCUT2D eigenvalue weighted by Crippen LogP contribution is -2.32. The quantitative estimate of drug-likeness (QED) is 0.742. The molecule has 164 valence electrons. The lowest BCUT2D eigenvalue weighted by atomic mass is 9.98. The number of nitrogens with zero attached hydrogens (tertiary/aromatic N) is 4. The van der Waals surface area contributed by atoms with Crippen LogP contribution >= 0.6 is 0 Å². The summed E-state index contributed by atoms with van der Waals surface area (Å²) in [5.41, 5.74) is 8.04. The molecular weight excluding hydrogens is 395 g/mol. The number of amides is 1. The molecule has 3 heterocycles. The van der Waals surface area contributed by atoms with Crippen molar-refractivity contribution in [3.63, 3.8) is 0 Å². The van der Waals surface area contributed by atoms with E-state index in [0.717, 1.165) is 55.8 Å². The van der Waals surface area contributed by atoms with Crippen LogP contribution < -0.4 is 20.9 Å². The fraction of sp³-hybridized carbons (Fsp3) is 0.522. The number of anilines is 3. The first-order valence-corrected chi connectivity index (χ1v) is 11.1. The van der Waals surface area contributed by atoms with Gasteiger partial charge in [-0.3, -0.25) is 4.79 Å². The number of rotatable bonds is 6. The van der Waals surface area contributed by atoms with Crippen molar-refractivity contribution in [2.45, 2.75) is 51.1 Å². The van der Waals surface area contributed by atoms with Crippen LogP contribution in [0.2, 0.25) is 0 Å². The standard InChI is InChI=1S/C23H29FN6O/c1-14(2)10-26-20-15(11-27-22(28-20)29-8-5-17(25)13-29)12-30-19-9-16(24)3-4-18(19)23(6-7-23)21(30)31/h3-4,9,11,14,17H,5-8,10,12-13,25H2,1-2H3,(H,26,27,28). The first kappa shape index (κ1) is 20.2. The summed E-state index contributed by atoms with van der Waals surface area (Å²) in [6, 6.07) is 4.83. The van der Waals surface area contributed by atoms with Crippen LogP contribution in [0.3, 0.4) is 0 Å². The smallest absolute Gasteiger partial charge is 0.238 e. The third-order valence-corrected chi connectivity index (χ3v) is 6.54. The first-order chi connectivity index (χ1) is 14.9. The Bertz CT molecular complexity index is 1020. The maximum absolute atomic E-state index is 14.0. The van der Waals surface area contributed by atoms with Gasteiger partial charge in [0.05, 0.1) is 17.6 Å². The summed E-state index contributed by atoms with van der Waals surface area (Å²) in [6.45, 7) is 6.91. The molecule has 3 N–H and O–H groups in total. The Balaban J connectivity index is 1.47. The Kier molecular flexibility index (Phi) is 4.84. The fourth-order valence-corrected chi connectivity index (χ4v) is 4.64. The Labute approximate surface area is 181 Å². The van der Waals surface area contributed by atoms with Crippen LogP contribution in [-0.2, 0) is 16.8 Å². The molecule has 31 heavy (non-hydrogen) atoms. The summed E-state index contributed by atoms with van der Waals surface area (Å²) in [5, 5.41) is 3.43. The first-order valence-electron chi connectivity index (χ1n) is 11.1. The highest BCUT2D eigenvalue weighted by Gasteiger charge is 2.59. The van der Waals surface area contributed by atoms with Gasteiger partial charge in [0.25, 0.3) is 0 Å². The highest BCUT2D eigenvalue weighted by Crippen LogP contribution is 2.57. The summed E-state index contributed by atoms with van der Waals surface area (Å²) in [6.07, 6.45) is 4.36. The van der Waals surface area contributed by atoms with E-state index in [1.54, 1.807) is 17.2 Å². The summed E-state index contributed by atoms with van der Waals surface area (Å²) in [4.78, 5) is 26.4. The van der Waals surface area contributed by atoms with Gasteiger partial charge in [0.15, 0.2) is 0 Å². The molecule has 0 radical (unpaired) electrons. The fourth-order valence-electron chi connectivity index (χ4n) is 4.64. The zero-order chi connectivity index (χ0) is 21.8. The van der Waals surface area contributed by atoms with Crippen LogP contribution in [0, 0.1) is 11.7 Å². The van der Waals surface area contributed by atoms with Crippen molar-refractivity contribution < 1.29 is 9.18 Å². The molecule has 2 fully saturated rings. The number of nitrogens with two attached hydrogens (primary N) is 1. The molecule has 5 rings (SSSR count). The summed E-state index contributed by atoms with van der Waals surface area (Å²) >= 11 is 0. The predicted molar refractivity (Wildman–Crippen MR) is 119 cm³/mol. The predicted octanol–water partition coefficient (Wildman–Crippen LogP) is 2.80. The van der Waals surface area contributed by atoms with Crippen molar-refractivity contribution >= 4 is 23.4 Å². The Hall–Kier alpha value is -2.74. The minimum Gasteiger partial charge on any atom is -0.369 e. The van der Waals surface area contributed by atoms with Gasteiger partial charge in [-0.2, -0.15) is 4.98 Å². The minimum atomic E-state index is -0.457. The van der Waals surface area contributed by atoms with Crippen molar-refractivity contribution in [1.82, 2.24) is 9.97 Å². The number of carbonyl (C=O) groups excluding carboxylic acids is 1. The number of nitrogens with one attached hydrogen (secondary N) is 1. The molecule has 7 nitrogen and oxygen atoms in total. The van der Waals surface area contributed by atoms with Crippen molar-refractivity contribution in [3.8, 4) is 0 Å². The monoisotopic (exact) mass is 424 g/mol. The summed E-state index contributed by atoms with van der Waals surface area (Å²) in [5.74, 6) is 1.54. The van der Waals surface area contributed by atoms with E-state index >= 15 is 0 Å². The molecular formula is C23H29FN6O. The van der Waals surface area contributed by atoms with E-state index < -0.39 is 5.41 Å². The molecule has 1 unspecified atom stereocenters. The summed E-state index contributed by atoms with van der Waals surface area (Å²) in [7, 11) is 0. The number of hydrogen-bond acceptors (Lipinski definition) is 6. The van der Waals surface area contributed by atoms with Crippen LogP contribution in [0.25, 0.3) is 0 Å². The van der Waals surface area contributed by atoms with Crippen LogP contribution in [0.4, 0.5) is 21.8 Å². The zero-order valence-electron chi connectivity index (χ0n) is 18.1. The molecule has 1 aliphatic carbocycles. The molecule has 1 saturated heterocycles. The minimum absolute atomic E-state index is 0.0532. The average molecular weight is 425 g/mol. The van der Waals surface area contributed by atoms with Crippen LogP contribution in [0.15, 0.2) is 24.4 Å². The van der Waals surface area contributed by atoms with Crippen LogP contribution in [0.1, 0.15) is 44.2 Å². The molecule has 2 aromatic rings. The topological polar surface area (TPSA) is 87.4 Å². The van der Waals surface area contributed by atoms with E-state index in [1.807, 2.05) is 0 Å². The van der Waals surface area contributed by atoms with E-state index in [9.17, 15) is 9.18 Å². The number of benzene rings is 1. The van der Waals surface area contributed by atoms with Gasteiger partial charge in [-0.15, -0.1) is 0 Å². The van der Waals surface area contributed by atoms with Gasteiger partial charge in [-0.1, -0.05) is 19.9 Å². The van der Waals surface area contributed by atoms with E-state index in [0.29, 0.717) is 24.1 Å².